The summed E-state index contributed by atoms with van der Waals surface area (Å²) in [7, 11) is 3.11. The molecule has 3 aromatic rings. The fourth-order valence-corrected chi connectivity index (χ4v) is 2.47. The smallest absolute Gasteiger partial charge is 0.226 e. The predicted octanol–water partition coefficient (Wildman–Crippen LogP) is 2.69. The van der Waals surface area contributed by atoms with Crippen molar-refractivity contribution in [2.75, 3.05) is 19.5 Å². The van der Waals surface area contributed by atoms with Crippen LogP contribution >= 0.6 is 0 Å². The Morgan fingerprint density at radius 2 is 1.89 bits per heavy atom. The number of carbonyl (C=O) groups excluding carboxylic acids is 1. The van der Waals surface area contributed by atoms with E-state index in [1.807, 2.05) is 31.2 Å². The minimum atomic E-state index is -0.173. The summed E-state index contributed by atoms with van der Waals surface area (Å²) in [6.45, 7) is 2.34. The zero-order valence-corrected chi connectivity index (χ0v) is 15.5. The number of aryl methyl sites for hydroxylation is 2. The lowest BCUT2D eigenvalue weighted by molar-refractivity contribution is -0.116. The standard InChI is InChI=1S/C19H21N5O3/c1-13-4-6-14(7-5-13)19-21-23-24(22-19)11-10-18(25)20-16-9-8-15(26-2)12-17(16)27-3/h4-9,12H,10-11H2,1-3H3,(H,20,25). The maximum atomic E-state index is 12.2. The second-order valence-electron chi connectivity index (χ2n) is 5.94. The first kappa shape index (κ1) is 18.4. The van der Waals surface area contributed by atoms with Crippen LogP contribution in [-0.2, 0) is 11.3 Å². The summed E-state index contributed by atoms with van der Waals surface area (Å²) in [5.41, 5.74) is 2.63. The molecule has 0 aliphatic rings. The highest BCUT2D eigenvalue weighted by Crippen LogP contribution is 2.29. The molecular formula is C19H21N5O3. The summed E-state index contributed by atoms with van der Waals surface area (Å²) < 4.78 is 10.4. The molecule has 1 heterocycles. The summed E-state index contributed by atoms with van der Waals surface area (Å²) >= 11 is 0. The van der Waals surface area contributed by atoms with Crippen LogP contribution in [0.2, 0.25) is 0 Å². The van der Waals surface area contributed by atoms with E-state index >= 15 is 0 Å². The number of nitrogens with zero attached hydrogens (tertiary/aromatic N) is 4. The molecule has 8 nitrogen and oxygen atoms in total. The van der Waals surface area contributed by atoms with E-state index in [1.54, 1.807) is 25.3 Å². The molecule has 1 N–H and O–H groups in total. The fraction of sp³-hybridized carbons (Fsp3) is 0.263. The molecule has 3 rings (SSSR count). The van der Waals surface area contributed by atoms with Gasteiger partial charge in [-0.1, -0.05) is 29.8 Å². The molecule has 0 spiro atoms. The van der Waals surface area contributed by atoms with E-state index < -0.39 is 0 Å². The van der Waals surface area contributed by atoms with Crippen molar-refractivity contribution < 1.29 is 14.3 Å². The molecule has 0 bridgehead atoms. The van der Waals surface area contributed by atoms with Crippen molar-refractivity contribution in [1.82, 2.24) is 20.2 Å². The Labute approximate surface area is 157 Å². The zero-order valence-electron chi connectivity index (χ0n) is 15.5. The third-order valence-corrected chi connectivity index (χ3v) is 3.98. The molecule has 0 saturated carbocycles. The quantitative estimate of drug-likeness (QED) is 0.690. The number of anilines is 1. The Morgan fingerprint density at radius 1 is 1.11 bits per heavy atom. The number of benzene rings is 2. The van der Waals surface area contributed by atoms with Crippen molar-refractivity contribution in [2.24, 2.45) is 0 Å². The number of rotatable bonds is 7. The average Bonchev–Trinajstić information content (AvgIpc) is 3.16. The molecule has 1 amide bonds. The van der Waals surface area contributed by atoms with Crippen molar-refractivity contribution in [1.29, 1.82) is 0 Å². The van der Waals surface area contributed by atoms with E-state index in [2.05, 4.69) is 20.7 Å². The van der Waals surface area contributed by atoms with Gasteiger partial charge in [0, 0.05) is 18.1 Å². The number of aromatic nitrogens is 4. The van der Waals surface area contributed by atoms with Gasteiger partial charge in [0.05, 0.1) is 26.5 Å². The Balaban J connectivity index is 1.59. The molecule has 8 heteroatoms. The van der Waals surface area contributed by atoms with Crippen molar-refractivity contribution in [3.63, 3.8) is 0 Å². The van der Waals surface area contributed by atoms with Gasteiger partial charge in [0.1, 0.15) is 11.5 Å². The Kier molecular flexibility index (Phi) is 5.65. The summed E-state index contributed by atoms with van der Waals surface area (Å²) in [5, 5.41) is 15.2. The minimum absolute atomic E-state index is 0.173. The summed E-state index contributed by atoms with van der Waals surface area (Å²) in [5.74, 6) is 1.54. The molecule has 2 aromatic carbocycles. The van der Waals surface area contributed by atoms with Crippen LogP contribution in [0.1, 0.15) is 12.0 Å². The lowest BCUT2D eigenvalue weighted by Crippen LogP contribution is -2.16. The molecule has 0 aliphatic carbocycles. The van der Waals surface area contributed by atoms with Crippen molar-refractivity contribution in [3.8, 4) is 22.9 Å². The van der Waals surface area contributed by atoms with Gasteiger partial charge in [0.15, 0.2) is 0 Å². The van der Waals surface area contributed by atoms with Crippen LogP contribution in [0.4, 0.5) is 5.69 Å². The van der Waals surface area contributed by atoms with Crippen LogP contribution in [0.3, 0.4) is 0 Å². The number of carbonyl (C=O) groups is 1. The van der Waals surface area contributed by atoms with Crippen LogP contribution in [0.25, 0.3) is 11.4 Å². The highest BCUT2D eigenvalue weighted by atomic mass is 16.5. The largest absolute Gasteiger partial charge is 0.497 e. The highest BCUT2D eigenvalue weighted by Gasteiger charge is 2.11. The zero-order chi connectivity index (χ0) is 19.2. The predicted molar refractivity (Wildman–Crippen MR) is 101 cm³/mol. The molecule has 140 valence electrons. The number of hydrogen-bond donors (Lipinski definition) is 1. The Hall–Kier alpha value is -3.42. The van der Waals surface area contributed by atoms with E-state index in [-0.39, 0.29) is 12.3 Å². The summed E-state index contributed by atoms with van der Waals surface area (Å²) in [4.78, 5) is 13.7. The first-order chi connectivity index (χ1) is 13.1. The second-order valence-corrected chi connectivity index (χ2v) is 5.94. The Bertz CT molecular complexity index is 921. The topological polar surface area (TPSA) is 91.2 Å². The number of ether oxygens (including phenoxy) is 2. The molecule has 0 aliphatic heterocycles. The molecule has 0 radical (unpaired) electrons. The van der Waals surface area contributed by atoms with Gasteiger partial charge < -0.3 is 14.8 Å². The van der Waals surface area contributed by atoms with Crippen molar-refractivity contribution in [2.45, 2.75) is 19.9 Å². The average molecular weight is 367 g/mol. The molecule has 0 saturated heterocycles. The van der Waals surface area contributed by atoms with E-state index in [4.69, 9.17) is 9.47 Å². The number of methoxy groups -OCH3 is 2. The van der Waals surface area contributed by atoms with Crippen LogP contribution in [0.5, 0.6) is 11.5 Å². The maximum Gasteiger partial charge on any atom is 0.226 e. The van der Waals surface area contributed by atoms with Gasteiger partial charge in [-0.3, -0.25) is 4.79 Å². The molecule has 0 fully saturated rings. The highest BCUT2D eigenvalue weighted by molar-refractivity contribution is 5.92. The van der Waals surface area contributed by atoms with Gasteiger partial charge in [-0.15, -0.1) is 10.2 Å². The van der Waals surface area contributed by atoms with E-state index in [9.17, 15) is 4.79 Å². The lowest BCUT2D eigenvalue weighted by Gasteiger charge is -2.11. The summed E-state index contributed by atoms with van der Waals surface area (Å²) in [6, 6.07) is 13.1. The van der Waals surface area contributed by atoms with Crippen LogP contribution < -0.4 is 14.8 Å². The van der Waals surface area contributed by atoms with Crippen molar-refractivity contribution in [3.05, 3.63) is 48.0 Å². The third-order valence-electron chi connectivity index (χ3n) is 3.98. The summed E-state index contributed by atoms with van der Waals surface area (Å²) in [6.07, 6.45) is 0.207. The first-order valence-corrected chi connectivity index (χ1v) is 8.46. The number of nitrogens with one attached hydrogen (secondary N) is 1. The molecular weight excluding hydrogens is 346 g/mol. The van der Waals surface area contributed by atoms with Gasteiger partial charge in [-0.2, -0.15) is 4.80 Å². The molecule has 0 atom stereocenters. The monoisotopic (exact) mass is 367 g/mol. The minimum Gasteiger partial charge on any atom is -0.497 e. The number of amides is 1. The van der Waals surface area contributed by atoms with Gasteiger partial charge in [0.25, 0.3) is 0 Å². The second kappa shape index (κ2) is 8.31. The molecule has 0 unspecified atom stereocenters. The SMILES string of the molecule is COc1ccc(NC(=O)CCn2nnc(-c3ccc(C)cc3)n2)c(OC)c1. The van der Waals surface area contributed by atoms with E-state index in [0.717, 1.165) is 11.1 Å². The Morgan fingerprint density at radius 3 is 2.59 bits per heavy atom. The fourth-order valence-electron chi connectivity index (χ4n) is 2.47. The van der Waals surface area contributed by atoms with Crippen LogP contribution in [0, 0.1) is 6.92 Å². The number of hydrogen-bond acceptors (Lipinski definition) is 6. The van der Waals surface area contributed by atoms with Gasteiger partial charge >= 0.3 is 0 Å². The molecule has 1 aromatic heterocycles. The lowest BCUT2D eigenvalue weighted by atomic mass is 10.1. The number of tetrazole rings is 1. The van der Waals surface area contributed by atoms with E-state index in [0.29, 0.717) is 29.6 Å². The van der Waals surface area contributed by atoms with Crippen LogP contribution in [0.15, 0.2) is 42.5 Å². The van der Waals surface area contributed by atoms with Gasteiger partial charge in [-0.05, 0) is 24.3 Å². The van der Waals surface area contributed by atoms with E-state index in [1.165, 1.54) is 11.9 Å². The van der Waals surface area contributed by atoms with Crippen molar-refractivity contribution >= 4 is 11.6 Å². The molecule has 27 heavy (non-hydrogen) atoms. The van der Waals surface area contributed by atoms with Gasteiger partial charge in [-0.25, -0.2) is 0 Å². The third kappa shape index (κ3) is 4.60. The first-order valence-electron chi connectivity index (χ1n) is 8.46. The normalized spacial score (nSPS) is 10.5. The van der Waals surface area contributed by atoms with Crippen LogP contribution in [-0.4, -0.2) is 40.3 Å². The van der Waals surface area contributed by atoms with Gasteiger partial charge in [0.2, 0.25) is 11.7 Å². The maximum absolute atomic E-state index is 12.2.